The second kappa shape index (κ2) is 7.07. The molecule has 2 amide bonds. The van der Waals surface area contributed by atoms with E-state index >= 15 is 0 Å². The van der Waals surface area contributed by atoms with Crippen LogP contribution in [0.1, 0.15) is 13.3 Å². The number of likely N-dealkylation sites (tertiary alicyclic amines) is 1. The molecule has 0 radical (unpaired) electrons. The largest absolute Gasteiger partial charge is 0.369 e. The Kier molecular flexibility index (Phi) is 4.61. The lowest BCUT2D eigenvalue weighted by atomic mass is 9.92. The normalized spacial score (nSPS) is 20.0. The van der Waals surface area contributed by atoms with Gasteiger partial charge in [-0.15, -0.1) is 11.3 Å². The zero-order valence-electron chi connectivity index (χ0n) is 15.4. The first-order chi connectivity index (χ1) is 13.0. The Morgan fingerprint density at radius 1 is 1.37 bits per heavy atom. The topological polar surface area (TPSA) is 92.3 Å². The molecule has 3 aromatic rings. The third kappa shape index (κ3) is 3.30. The molecule has 1 fully saturated rings. The number of piperidine rings is 1. The minimum atomic E-state index is -0.0942. The molecular formula is C18H23N7OS. The quantitative estimate of drug-likeness (QED) is 0.676. The van der Waals surface area contributed by atoms with Gasteiger partial charge in [0.1, 0.15) is 0 Å². The van der Waals surface area contributed by atoms with Gasteiger partial charge in [-0.25, -0.2) is 14.8 Å². The predicted octanol–water partition coefficient (Wildman–Crippen LogP) is 2.59. The average molecular weight is 385 g/mol. The van der Waals surface area contributed by atoms with E-state index in [-0.39, 0.29) is 12.1 Å². The van der Waals surface area contributed by atoms with Gasteiger partial charge in [-0.05, 0) is 24.5 Å². The van der Waals surface area contributed by atoms with E-state index in [9.17, 15) is 4.79 Å². The van der Waals surface area contributed by atoms with Gasteiger partial charge in [-0.1, -0.05) is 6.92 Å². The molecule has 1 aliphatic rings. The van der Waals surface area contributed by atoms with Gasteiger partial charge in [0.05, 0.1) is 0 Å². The van der Waals surface area contributed by atoms with E-state index in [1.165, 1.54) is 16.0 Å². The van der Waals surface area contributed by atoms with Gasteiger partial charge in [-0.3, -0.25) is 9.99 Å². The molecule has 0 aliphatic carbocycles. The third-order valence-corrected chi connectivity index (χ3v) is 6.01. The molecule has 0 saturated carbocycles. The first-order valence-electron chi connectivity index (χ1n) is 8.94. The van der Waals surface area contributed by atoms with E-state index in [1.54, 1.807) is 12.4 Å². The maximum absolute atomic E-state index is 12.6. The van der Waals surface area contributed by atoms with Crippen molar-refractivity contribution >= 4 is 39.2 Å². The van der Waals surface area contributed by atoms with Gasteiger partial charge in [0.2, 0.25) is 0 Å². The fraction of sp³-hybridized carbons (Fsp3) is 0.389. The first kappa shape index (κ1) is 17.6. The standard InChI is InChI=1S/C18H23N7OS/c1-12-4-8-24(18(26)22-17-21-7-10-27-17)11-15(12)23(2)14-3-6-20-16-13(14)5-9-25(16)19/h3,5-7,9-10,12,15H,4,8,11,19H2,1-2H3,(H,21,22,26)/t12-,15?/m1/s1. The SMILES string of the molecule is C[C@@H]1CCN(C(=O)Nc2nccs2)CC1N(C)c1ccnc2c1ccn2N. The van der Waals surface area contributed by atoms with Crippen molar-refractivity contribution in [2.24, 2.45) is 5.92 Å². The van der Waals surface area contributed by atoms with Crippen molar-refractivity contribution < 1.29 is 4.79 Å². The van der Waals surface area contributed by atoms with Crippen molar-refractivity contribution in [2.45, 2.75) is 19.4 Å². The highest BCUT2D eigenvalue weighted by Crippen LogP contribution is 2.30. The molecule has 1 saturated heterocycles. The van der Waals surface area contributed by atoms with Gasteiger partial charge in [0.15, 0.2) is 10.8 Å². The number of carbonyl (C=O) groups is 1. The highest BCUT2D eigenvalue weighted by atomic mass is 32.1. The lowest BCUT2D eigenvalue weighted by Crippen LogP contribution is -2.53. The van der Waals surface area contributed by atoms with Crippen LogP contribution in [0.2, 0.25) is 0 Å². The second-order valence-corrected chi connectivity index (χ2v) is 7.84. The van der Waals surface area contributed by atoms with Gasteiger partial charge in [0, 0.05) is 61.2 Å². The van der Waals surface area contributed by atoms with E-state index in [0.717, 1.165) is 29.7 Å². The van der Waals surface area contributed by atoms with Crippen molar-refractivity contribution in [1.82, 2.24) is 19.5 Å². The fourth-order valence-electron chi connectivity index (χ4n) is 3.72. The summed E-state index contributed by atoms with van der Waals surface area (Å²) in [5.74, 6) is 6.41. The summed E-state index contributed by atoms with van der Waals surface area (Å²) >= 11 is 1.42. The van der Waals surface area contributed by atoms with Crippen LogP contribution in [0.15, 0.2) is 36.1 Å². The molecule has 8 nitrogen and oxygen atoms in total. The molecule has 3 N–H and O–H groups in total. The summed E-state index contributed by atoms with van der Waals surface area (Å²) in [6, 6.07) is 4.09. The van der Waals surface area contributed by atoms with E-state index in [2.05, 4.69) is 34.2 Å². The number of rotatable bonds is 3. The van der Waals surface area contributed by atoms with Crippen LogP contribution in [0.3, 0.4) is 0 Å². The van der Waals surface area contributed by atoms with Gasteiger partial charge in [-0.2, -0.15) is 0 Å². The number of nitrogens with one attached hydrogen (secondary N) is 1. The van der Waals surface area contributed by atoms with Crippen molar-refractivity contribution in [2.75, 3.05) is 36.2 Å². The van der Waals surface area contributed by atoms with Crippen molar-refractivity contribution in [3.8, 4) is 0 Å². The zero-order valence-corrected chi connectivity index (χ0v) is 16.2. The predicted molar refractivity (Wildman–Crippen MR) is 109 cm³/mol. The molecule has 142 valence electrons. The van der Waals surface area contributed by atoms with Crippen LogP contribution in [0, 0.1) is 5.92 Å². The lowest BCUT2D eigenvalue weighted by Gasteiger charge is -2.42. The number of nitrogen functional groups attached to an aromatic ring is 1. The first-order valence-corrected chi connectivity index (χ1v) is 9.82. The zero-order chi connectivity index (χ0) is 19.0. The molecule has 4 rings (SSSR count). The highest BCUT2D eigenvalue weighted by Gasteiger charge is 2.32. The summed E-state index contributed by atoms with van der Waals surface area (Å²) in [6.45, 7) is 3.64. The Labute approximate surface area is 161 Å². The highest BCUT2D eigenvalue weighted by molar-refractivity contribution is 7.13. The average Bonchev–Trinajstić information content (AvgIpc) is 3.31. The summed E-state index contributed by atoms with van der Waals surface area (Å²) in [4.78, 5) is 25.2. The summed E-state index contributed by atoms with van der Waals surface area (Å²) in [5, 5.41) is 6.38. The molecular weight excluding hydrogens is 362 g/mol. The Morgan fingerprint density at radius 2 is 2.22 bits per heavy atom. The van der Waals surface area contributed by atoms with Crippen LogP contribution in [0.4, 0.5) is 15.6 Å². The molecule has 1 aliphatic heterocycles. The van der Waals surface area contributed by atoms with Crippen LogP contribution in [-0.2, 0) is 0 Å². The fourth-order valence-corrected chi connectivity index (χ4v) is 4.24. The summed E-state index contributed by atoms with van der Waals surface area (Å²) in [7, 11) is 2.08. The smallest absolute Gasteiger partial charge is 0.323 e. The molecule has 4 heterocycles. The van der Waals surface area contributed by atoms with Crippen LogP contribution in [0.5, 0.6) is 0 Å². The van der Waals surface area contributed by atoms with Gasteiger partial charge >= 0.3 is 6.03 Å². The van der Waals surface area contributed by atoms with Crippen molar-refractivity contribution in [3.05, 3.63) is 36.1 Å². The van der Waals surface area contributed by atoms with Crippen LogP contribution >= 0.6 is 11.3 Å². The second-order valence-electron chi connectivity index (χ2n) is 6.95. The number of carbonyl (C=O) groups excluding carboxylic acids is 1. The van der Waals surface area contributed by atoms with Crippen molar-refractivity contribution in [3.63, 3.8) is 0 Å². The minimum Gasteiger partial charge on any atom is -0.369 e. The minimum absolute atomic E-state index is 0.0942. The lowest BCUT2D eigenvalue weighted by molar-refractivity contribution is 0.172. The summed E-state index contributed by atoms with van der Waals surface area (Å²) in [6.07, 6.45) is 6.23. The molecule has 0 bridgehead atoms. The molecule has 3 aromatic heterocycles. The monoisotopic (exact) mass is 385 g/mol. The molecule has 0 spiro atoms. The number of hydrogen-bond donors (Lipinski definition) is 2. The number of urea groups is 1. The third-order valence-electron chi connectivity index (χ3n) is 5.32. The number of fused-ring (bicyclic) bond motifs is 1. The Balaban J connectivity index is 1.55. The van der Waals surface area contributed by atoms with Crippen LogP contribution in [-0.4, -0.2) is 51.8 Å². The maximum Gasteiger partial charge on any atom is 0.323 e. The number of thiazole rings is 1. The molecule has 0 aromatic carbocycles. The number of hydrogen-bond acceptors (Lipinski definition) is 6. The maximum atomic E-state index is 12.6. The van der Waals surface area contributed by atoms with Crippen molar-refractivity contribution in [1.29, 1.82) is 0 Å². The Hall–Kier alpha value is -2.81. The Bertz CT molecular complexity index is 938. The van der Waals surface area contributed by atoms with E-state index in [4.69, 9.17) is 5.84 Å². The van der Waals surface area contributed by atoms with Gasteiger partial charge in [0.25, 0.3) is 0 Å². The molecule has 27 heavy (non-hydrogen) atoms. The number of nitrogens with two attached hydrogens (primary N) is 1. The number of anilines is 2. The summed E-state index contributed by atoms with van der Waals surface area (Å²) in [5.41, 5.74) is 1.82. The molecule has 2 atom stereocenters. The summed E-state index contributed by atoms with van der Waals surface area (Å²) < 4.78 is 1.53. The molecule has 9 heteroatoms. The van der Waals surface area contributed by atoms with E-state index in [0.29, 0.717) is 17.6 Å². The van der Waals surface area contributed by atoms with E-state index in [1.807, 2.05) is 28.6 Å². The Morgan fingerprint density at radius 3 is 3.00 bits per heavy atom. The van der Waals surface area contributed by atoms with Gasteiger partial charge < -0.3 is 15.6 Å². The number of likely N-dealkylation sites (N-methyl/N-ethyl adjacent to an activating group) is 1. The van der Waals surface area contributed by atoms with Crippen LogP contribution in [0.25, 0.3) is 11.0 Å². The number of aromatic nitrogens is 3. The molecule has 1 unspecified atom stereocenters. The number of nitrogens with zero attached hydrogens (tertiary/aromatic N) is 5. The number of amides is 2. The van der Waals surface area contributed by atoms with Crippen LogP contribution < -0.4 is 16.1 Å². The number of pyridine rings is 1. The van der Waals surface area contributed by atoms with E-state index < -0.39 is 0 Å².